The smallest absolute Gasteiger partial charge is 0.224 e. The molecule has 3 rings (SSSR count). The minimum absolute atomic E-state index is 0.314. The molecule has 1 fully saturated rings. The van der Waals surface area contributed by atoms with Gasteiger partial charge in [-0.3, -0.25) is 0 Å². The number of hydrogen-bond acceptors (Lipinski definition) is 2. The van der Waals surface area contributed by atoms with Crippen LogP contribution in [-0.4, -0.2) is 14.5 Å². The Bertz CT molecular complexity index is 486. The summed E-state index contributed by atoms with van der Waals surface area (Å²) >= 11 is 5.80. The van der Waals surface area contributed by atoms with E-state index in [0.29, 0.717) is 11.3 Å². The topological polar surface area (TPSA) is 30.7 Å². The second kappa shape index (κ2) is 3.49. The Hall–Kier alpha value is -1.09. The van der Waals surface area contributed by atoms with Crippen LogP contribution in [0.1, 0.15) is 31.7 Å². The highest BCUT2D eigenvalue weighted by Crippen LogP contribution is 2.31. The molecule has 0 atom stereocenters. The summed E-state index contributed by atoms with van der Waals surface area (Å²) in [4.78, 5) is 8.22. The summed E-state index contributed by atoms with van der Waals surface area (Å²) in [6.45, 7) is 0. The maximum atomic E-state index is 5.80. The van der Waals surface area contributed by atoms with Gasteiger partial charge in [0.1, 0.15) is 5.65 Å². The molecule has 0 N–H and O–H groups in total. The van der Waals surface area contributed by atoms with Crippen molar-refractivity contribution in [2.24, 2.45) is 0 Å². The normalized spacial score (nSPS) is 17.7. The van der Waals surface area contributed by atoms with E-state index in [-0.39, 0.29) is 0 Å². The van der Waals surface area contributed by atoms with E-state index in [0.717, 1.165) is 11.0 Å². The molecule has 77 valence electrons. The molecular weight excluding hydrogens is 210 g/mol. The first-order valence-electron chi connectivity index (χ1n) is 5.25. The summed E-state index contributed by atoms with van der Waals surface area (Å²) in [5, 5.41) is 1.26. The average molecular weight is 221 g/mol. The molecule has 1 saturated carbocycles. The van der Waals surface area contributed by atoms with Crippen molar-refractivity contribution in [2.75, 3.05) is 0 Å². The summed E-state index contributed by atoms with van der Waals surface area (Å²) in [6, 6.07) is 3.75. The third-order valence-corrected chi connectivity index (χ3v) is 3.24. The van der Waals surface area contributed by atoms with Crippen LogP contribution in [0.2, 0.25) is 5.28 Å². The third kappa shape index (κ3) is 1.51. The van der Waals surface area contributed by atoms with E-state index in [1.807, 2.05) is 6.20 Å². The van der Waals surface area contributed by atoms with Crippen LogP contribution < -0.4 is 0 Å². The second-order valence-corrected chi connectivity index (χ2v) is 4.33. The second-order valence-electron chi connectivity index (χ2n) is 4.00. The van der Waals surface area contributed by atoms with Crippen LogP contribution in [0.4, 0.5) is 0 Å². The van der Waals surface area contributed by atoms with Gasteiger partial charge in [-0.25, -0.2) is 4.98 Å². The van der Waals surface area contributed by atoms with E-state index in [9.17, 15) is 0 Å². The van der Waals surface area contributed by atoms with Gasteiger partial charge >= 0.3 is 0 Å². The minimum Gasteiger partial charge on any atom is -0.329 e. The van der Waals surface area contributed by atoms with Crippen molar-refractivity contribution in [2.45, 2.75) is 31.7 Å². The number of fused-ring (bicyclic) bond motifs is 1. The lowest BCUT2D eigenvalue weighted by atomic mass is 10.2. The van der Waals surface area contributed by atoms with Crippen molar-refractivity contribution in [1.82, 2.24) is 14.5 Å². The molecule has 2 heterocycles. The molecule has 0 spiro atoms. The highest BCUT2D eigenvalue weighted by molar-refractivity contribution is 6.28. The standard InChI is InChI=1S/C11H11ClN3/c12-11-13-7-8-5-6-15(10(8)14-11)9-3-1-2-4-9/h6-7,9H,1-4H2. The van der Waals surface area contributed by atoms with Crippen molar-refractivity contribution in [1.29, 1.82) is 0 Å². The van der Waals surface area contributed by atoms with Crippen LogP contribution >= 0.6 is 11.6 Å². The molecule has 15 heavy (non-hydrogen) atoms. The molecule has 0 aliphatic heterocycles. The van der Waals surface area contributed by atoms with E-state index >= 15 is 0 Å². The highest BCUT2D eigenvalue weighted by atomic mass is 35.5. The van der Waals surface area contributed by atoms with Gasteiger partial charge in [-0.15, -0.1) is 0 Å². The molecule has 0 unspecified atom stereocenters. The quantitative estimate of drug-likeness (QED) is 0.692. The fraction of sp³-hybridized carbons (Fsp3) is 0.455. The van der Waals surface area contributed by atoms with Gasteiger partial charge in [0.2, 0.25) is 5.28 Å². The summed E-state index contributed by atoms with van der Waals surface area (Å²) in [5.41, 5.74) is 0.918. The van der Waals surface area contributed by atoms with E-state index in [4.69, 9.17) is 11.6 Å². The molecule has 0 aromatic carbocycles. The van der Waals surface area contributed by atoms with Gasteiger partial charge in [-0.1, -0.05) is 12.8 Å². The number of halogens is 1. The van der Waals surface area contributed by atoms with Crippen LogP contribution in [0.25, 0.3) is 11.0 Å². The van der Waals surface area contributed by atoms with Crippen molar-refractivity contribution in [3.05, 3.63) is 23.7 Å². The molecular formula is C11H11ClN3. The van der Waals surface area contributed by atoms with Crippen LogP contribution in [0.15, 0.2) is 12.4 Å². The van der Waals surface area contributed by atoms with Gasteiger partial charge in [-0.05, 0) is 24.4 Å². The molecule has 3 nitrogen and oxygen atoms in total. The molecule has 1 aliphatic rings. The molecule has 2 aromatic heterocycles. The monoisotopic (exact) mass is 220 g/mol. The number of hydrogen-bond donors (Lipinski definition) is 0. The van der Waals surface area contributed by atoms with Crippen molar-refractivity contribution >= 4 is 22.6 Å². The van der Waals surface area contributed by atoms with Crippen molar-refractivity contribution in [3.63, 3.8) is 0 Å². The Morgan fingerprint density at radius 2 is 2.20 bits per heavy atom. The van der Waals surface area contributed by atoms with Crippen LogP contribution in [0.5, 0.6) is 0 Å². The minimum atomic E-state index is 0.314. The van der Waals surface area contributed by atoms with Gasteiger partial charge in [0.25, 0.3) is 0 Å². The van der Waals surface area contributed by atoms with Crippen molar-refractivity contribution < 1.29 is 0 Å². The molecule has 2 aromatic rings. The zero-order chi connectivity index (χ0) is 10.3. The van der Waals surface area contributed by atoms with Crippen molar-refractivity contribution in [3.8, 4) is 0 Å². The summed E-state index contributed by atoms with van der Waals surface area (Å²) in [7, 11) is 0. The SMILES string of the molecule is Clc1ncc2[c]cn(C3CCCC3)c2n1. The lowest BCUT2D eigenvalue weighted by Gasteiger charge is -2.12. The van der Waals surface area contributed by atoms with E-state index in [2.05, 4.69) is 20.6 Å². The Labute approximate surface area is 93.1 Å². The Morgan fingerprint density at radius 3 is 3.00 bits per heavy atom. The number of nitrogens with zero attached hydrogens (tertiary/aromatic N) is 3. The van der Waals surface area contributed by atoms with E-state index in [1.165, 1.54) is 25.7 Å². The third-order valence-electron chi connectivity index (χ3n) is 3.06. The summed E-state index contributed by atoms with van der Waals surface area (Å²) in [5.74, 6) is 0. The fourth-order valence-electron chi connectivity index (χ4n) is 2.31. The summed E-state index contributed by atoms with van der Waals surface area (Å²) in [6.07, 6.45) is 8.80. The predicted octanol–water partition coefficient (Wildman–Crippen LogP) is 3.00. The number of aromatic nitrogens is 3. The zero-order valence-corrected chi connectivity index (χ0v) is 9.04. The lowest BCUT2D eigenvalue weighted by molar-refractivity contribution is 0.532. The highest BCUT2D eigenvalue weighted by Gasteiger charge is 2.18. The molecule has 4 heteroatoms. The molecule has 1 radical (unpaired) electrons. The number of rotatable bonds is 1. The Morgan fingerprint density at radius 1 is 1.40 bits per heavy atom. The zero-order valence-electron chi connectivity index (χ0n) is 8.28. The first kappa shape index (κ1) is 9.16. The lowest BCUT2D eigenvalue weighted by Crippen LogP contribution is -2.03. The van der Waals surface area contributed by atoms with Gasteiger partial charge in [-0.2, -0.15) is 4.98 Å². The average Bonchev–Trinajstić information content (AvgIpc) is 2.83. The van der Waals surface area contributed by atoms with Crippen LogP contribution in [0.3, 0.4) is 0 Å². The first-order valence-corrected chi connectivity index (χ1v) is 5.63. The van der Waals surface area contributed by atoms with E-state index < -0.39 is 0 Å². The maximum absolute atomic E-state index is 5.80. The molecule has 0 saturated heterocycles. The predicted molar refractivity (Wildman–Crippen MR) is 58.9 cm³/mol. The molecule has 0 amide bonds. The summed E-state index contributed by atoms with van der Waals surface area (Å²) < 4.78 is 2.19. The van der Waals surface area contributed by atoms with Crippen LogP contribution in [0, 0.1) is 6.07 Å². The Balaban J connectivity index is 2.13. The van der Waals surface area contributed by atoms with Gasteiger partial charge in [0.05, 0.1) is 0 Å². The Kier molecular flexibility index (Phi) is 2.13. The van der Waals surface area contributed by atoms with E-state index in [1.54, 1.807) is 6.20 Å². The van der Waals surface area contributed by atoms with Gasteiger partial charge in [0.15, 0.2) is 0 Å². The van der Waals surface area contributed by atoms with Crippen LogP contribution in [-0.2, 0) is 0 Å². The van der Waals surface area contributed by atoms with Gasteiger partial charge < -0.3 is 4.57 Å². The van der Waals surface area contributed by atoms with Gasteiger partial charge in [0, 0.05) is 29.9 Å². The fourth-order valence-corrected chi connectivity index (χ4v) is 2.44. The maximum Gasteiger partial charge on any atom is 0.224 e. The molecule has 0 bridgehead atoms. The first-order chi connectivity index (χ1) is 7.34. The molecule has 1 aliphatic carbocycles. The largest absolute Gasteiger partial charge is 0.329 e.